The van der Waals surface area contributed by atoms with Crippen molar-refractivity contribution in [2.45, 2.75) is 11.4 Å². The number of hydrogen-bond acceptors (Lipinski definition) is 4. The lowest BCUT2D eigenvalue weighted by atomic mass is 10.2. The molecule has 0 aliphatic rings. The summed E-state index contributed by atoms with van der Waals surface area (Å²) in [6.07, 6.45) is 1.83. The van der Waals surface area contributed by atoms with Gasteiger partial charge >= 0.3 is 8.56 Å². The normalized spacial score (nSPS) is 11.9. The first-order chi connectivity index (χ1) is 8.68. The molecule has 0 bridgehead atoms. The monoisotopic (exact) mass is 279 g/mol. The molecule has 0 spiro atoms. The van der Waals surface area contributed by atoms with Crippen molar-refractivity contribution in [3.63, 3.8) is 0 Å². The van der Waals surface area contributed by atoms with Crippen LogP contribution in [0.15, 0.2) is 41.4 Å². The topological polar surface area (TPSA) is 31.4 Å². The molecule has 2 aromatic rings. The quantitative estimate of drug-likeness (QED) is 0.621. The molecule has 0 saturated heterocycles. The van der Waals surface area contributed by atoms with Crippen LogP contribution in [0.25, 0.3) is 10.9 Å². The van der Waals surface area contributed by atoms with Crippen molar-refractivity contribution >= 4 is 31.2 Å². The Morgan fingerprint density at radius 3 is 2.61 bits per heavy atom. The van der Waals surface area contributed by atoms with E-state index in [2.05, 4.69) is 35.8 Å². The fourth-order valence-corrected chi connectivity index (χ4v) is 4.87. The van der Waals surface area contributed by atoms with Crippen LogP contribution in [0.5, 0.6) is 0 Å². The molecule has 1 heterocycles. The summed E-state index contributed by atoms with van der Waals surface area (Å²) in [7, 11) is 1.41. The Morgan fingerprint density at radius 2 is 1.89 bits per heavy atom. The fourth-order valence-electron chi connectivity index (χ4n) is 1.60. The molecule has 96 valence electrons. The van der Waals surface area contributed by atoms with Crippen molar-refractivity contribution in [3.8, 4) is 0 Å². The minimum atomic E-state index is -2.03. The van der Waals surface area contributed by atoms with Gasteiger partial charge in [0, 0.05) is 36.1 Å². The Labute approximate surface area is 113 Å². The maximum atomic E-state index is 5.50. The number of hydrogen-bond donors (Lipinski definition) is 0. The lowest BCUT2D eigenvalue weighted by molar-refractivity contribution is 0.257. The number of para-hydroxylation sites is 1. The maximum absolute atomic E-state index is 5.50. The molecule has 0 fully saturated rings. The second-order valence-electron chi connectivity index (χ2n) is 4.16. The summed E-state index contributed by atoms with van der Waals surface area (Å²) in [5.41, 5.74) is 1.05. The standard InChI is InChI=1S/C13H17NO2SSi/c1-15-18(3,16-2)10-17-12-8-4-6-11-7-5-9-14-13(11)12/h4-9H,10H2,1-3H3. The van der Waals surface area contributed by atoms with Gasteiger partial charge in [-0.25, -0.2) is 0 Å². The minimum absolute atomic E-state index is 0.857. The van der Waals surface area contributed by atoms with Gasteiger partial charge in [0.25, 0.3) is 0 Å². The zero-order valence-corrected chi connectivity index (χ0v) is 12.7. The molecule has 0 radical (unpaired) electrons. The van der Waals surface area contributed by atoms with E-state index in [1.807, 2.05) is 12.3 Å². The summed E-state index contributed by atoms with van der Waals surface area (Å²) < 4.78 is 11.0. The van der Waals surface area contributed by atoms with E-state index in [1.165, 1.54) is 10.3 Å². The van der Waals surface area contributed by atoms with Crippen molar-refractivity contribution in [3.05, 3.63) is 36.5 Å². The van der Waals surface area contributed by atoms with Crippen LogP contribution < -0.4 is 0 Å². The van der Waals surface area contributed by atoms with Crippen molar-refractivity contribution in [2.75, 3.05) is 19.6 Å². The average Bonchev–Trinajstić information content (AvgIpc) is 2.44. The van der Waals surface area contributed by atoms with E-state index >= 15 is 0 Å². The van der Waals surface area contributed by atoms with Crippen LogP contribution in [0.1, 0.15) is 0 Å². The first kappa shape index (κ1) is 13.5. The smallest absolute Gasteiger partial charge is 0.344 e. The van der Waals surface area contributed by atoms with Crippen LogP contribution in [0.3, 0.4) is 0 Å². The molecule has 0 aliphatic carbocycles. The number of aromatic nitrogens is 1. The molecule has 0 saturated carbocycles. The van der Waals surface area contributed by atoms with Crippen molar-refractivity contribution in [2.24, 2.45) is 0 Å². The molecule has 0 atom stereocenters. The van der Waals surface area contributed by atoms with Gasteiger partial charge < -0.3 is 8.85 Å². The number of rotatable bonds is 5. The van der Waals surface area contributed by atoms with Crippen LogP contribution in [-0.2, 0) is 8.85 Å². The summed E-state index contributed by atoms with van der Waals surface area (Å²) >= 11 is 1.76. The second kappa shape index (κ2) is 5.84. The van der Waals surface area contributed by atoms with Gasteiger partial charge in [0.2, 0.25) is 0 Å². The summed E-state index contributed by atoms with van der Waals surface area (Å²) in [4.78, 5) is 5.63. The van der Waals surface area contributed by atoms with Crippen LogP contribution in [0.4, 0.5) is 0 Å². The third-order valence-electron chi connectivity index (χ3n) is 2.95. The number of fused-ring (bicyclic) bond motifs is 1. The molecule has 0 amide bonds. The average molecular weight is 279 g/mol. The third-order valence-corrected chi connectivity index (χ3v) is 7.99. The van der Waals surface area contributed by atoms with Crippen molar-refractivity contribution in [1.82, 2.24) is 4.98 Å². The molecule has 0 aliphatic heterocycles. The van der Waals surface area contributed by atoms with Gasteiger partial charge in [-0.1, -0.05) is 18.2 Å². The zero-order chi connectivity index (χ0) is 13.0. The summed E-state index contributed by atoms with van der Waals surface area (Å²) in [6, 6.07) is 10.3. The van der Waals surface area contributed by atoms with E-state index < -0.39 is 8.56 Å². The lowest BCUT2D eigenvalue weighted by Gasteiger charge is -2.22. The van der Waals surface area contributed by atoms with E-state index in [4.69, 9.17) is 8.85 Å². The SMILES string of the molecule is CO[Si](C)(CSc1cccc2cccnc12)OC. The highest BCUT2D eigenvalue weighted by molar-refractivity contribution is 8.01. The first-order valence-corrected chi connectivity index (χ1v) is 9.26. The lowest BCUT2D eigenvalue weighted by Crippen LogP contribution is -2.39. The van der Waals surface area contributed by atoms with Crippen LogP contribution in [0.2, 0.25) is 6.55 Å². The Morgan fingerprint density at radius 1 is 1.17 bits per heavy atom. The summed E-state index contributed by atoms with van der Waals surface area (Å²) in [5.74, 6) is 0. The van der Waals surface area contributed by atoms with Crippen LogP contribution in [0, 0.1) is 0 Å². The maximum Gasteiger partial charge on any atom is 0.344 e. The predicted octanol–water partition coefficient (Wildman–Crippen LogP) is 3.23. The van der Waals surface area contributed by atoms with E-state index in [0.29, 0.717) is 0 Å². The van der Waals surface area contributed by atoms with Gasteiger partial charge in [-0.2, -0.15) is 0 Å². The van der Waals surface area contributed by atoms with E-state index in [0.717, 1.165) is 10.9 Å². The number of benzene rings is 1. The van der Waals surface area contributed by atoms with Crippen molar-refractivity contribution in [1.29, 1.82) is 0 Å². The number of thioether (sulfide) groups is 1. The van der Waals surface area contributed by atoms with Crippen molar-refractivity contribution < 1.29 is 8.85 Å². The highest BCUT2D eigenvalue weighted by atomic mass is 32.2. The van der Waals surface area contributed by atoms with Gasteiger partial charge in [0.1, 0.15) is 0 Å². The zero-order valence-electron chi connectivity index (χ0n) is 10.8. The largest absolute Gasteiger partial charge is 0.397 e. The summed E-state index contributed by atoms with van der Waals surface area (Å²) in [5, 5.41) is 2.02. The molecule has 5 heteroatoms. The molecule has 2 rings (SSSR count). The Bertz CT molecular complexity index is 526. The molecule has 3 nitrogen and oxygen atoms in total. The van der Waals surface area contributed by atoms with Gasteiger partial charge in [-0.3, -0.25) is 4.98 Å². The van der Waals surface area contributed by atoms with Gasteiger partial charge in [-0.15, -0.1) is 11.8 Å². The Balaban J connectivity index is 2.22. The molecular formula is C13H17NO2SSi. The summed E-state index contributed by atoms with van der Waals surface area (Å²) in [6.45, 7) is 2.07. The molecule has 1 aromatic carbocycles. The van der Waals surface area contributed by atoms with Gasteiger partial charge in [0.15, 0.2) is 0 Å². The van der Waals surface area contributed by atoms with E-state index in [-0.39, 0.29) is 0 Å². The van der Waals surface area contributed by atoms with Gasteiger partial charge in [-0.05, 0) is 18.7 Å². The van der Waals surface area contributed by atoms with Gasteiger partial charge in [0.05, 0.1) is 5.52 Å². The minimum Gasteiger partial charge on any atom is -0.397 e. The second-order valence-corrected chi connectivity index (χ2v) is 9.13. The van der Waals surface area contributed by atoms with E-state index in [1.54, 1.807) is 26.0 Å². The fraction of sp³-hybridized carbons (Fsp3) is 0.308. The highest BCUT2D eigenvalue weighted by Gasteiger charge is 2.29. The Hall–Kier alpha value is -0.883. The molecule has 0 N–H and O–H groups in total. The molecule has 18 heavy (non-hydrogen) atoms. The molecule has 1 aromatic heterocycles. The Kier molecular flexibility index (Phi) is 4.39. The number of nitrogens with zero attached hydrogens (tertiary/aromatic N) is 1. The highest BCUT2D eigenvalue weighted by Crippen LogP contribution is 2.28. The molecule has 0 unspecified atom stereocenters. The predicted molar refractivity (Wildman–Crippen MR) is 78.1 cm³/mol. The van der Waals surface area contributed by atoms with Crippen LogP contribution >= 0.6 is 11.8 Å². The third kappa shape index (κ3) is 2.92. The number of pyridine rings is 1. The van der Waals surface area contributed by atoms with E-state index in [9.17, 15) is 0 Å². The van der Waals surface area contributed by atoms with Crippen LogP contribution in [-0.4, -0.2) is 33.1 Å². The molecular weight excluding hydrogens is 262 g/mol. The first-order valence-electron chi connectivity index (χ1n) is 5.75.